The van der Waals surface area contributed by atoms with Crippen molar-refractivity contribution in [1.82, 2.24) is 0 Å². The van der Waals surface area contributed by atoms with E-state index in [4.69, 9.17) is 5.53 Å². The normalized spacial score (nSPS) is 8.11. The summed E-state index contributed by atoms with van der Waals surface area (Å²) in [7, 11) is 0. The molecular weight excluding hydrogens is 124 g/mol. The lowest BCUT2D eigenvalue weighted by atomic mass is 10.6. The average molecular weight is 130 g/mol. The molecule has 5 heteroatoms. The van der Waals surface area contributed by atoms with Crippen LogP contribution < -0.4 is 5.11 Å². The van der Waals surface area contributed by atoms with Gasteiger partial charge in [0, 0.05) is 0 Å². The van der Waals surface area contributed by atoms with Crippen molar-refractivity contribution >= 4 is 11.9 Å². The molecule has 0 bridgehead atoms. The molecule has 0 fully saturated rings. The number of hydrogen-bond donors (Lipinski definition) is 1. The lowest BCUT2D eigenvalue weighted by Gasteiger charge is -1.91. The van der Waals surface area contributed by atoms with Crippen molar-refractivity contribution in [2.24, 2.45) is 0 Å². The molecule has 0 spiro atoms. The van der Waals surface area contributed by atoms with E-state index < -0.39 is 11.9 Å². The van der Waals surface area contributed by atoms with Gasteiger partial charge in [-0.1, -0.05) is 0 Å². The number of ether oxygens (including phenoxy) is 1. The minimum absolute atomic E-state index is 0.117. The van der Waals surface area contributed by atoms with E-state index >= 15 is 0 Å². The molecule has 0 saturated carbocycles. The number of amides is 1. The van der Waals surface area contributed by atoms with Crippen LogP contribution in [0.5, 0.6) is 0 Å². The summed E-state index contributed by atoms with van der Waals surface area (Å²) in [4.78, 5) is 20.2. The Bertz CT molecular complexity index is 143. The SMILES string of the molecule is CCOC(=O)C(=O)[NH+]=[N-]. The molecule has 1 amide bonds. The summed E-state index contributed by atoms with van der Waals surface area (Å²) in [5.41, 5.74) is 7.83. The van der Waals surface area contributed by atoms with Crippen LogP contribution in [-0.4, -0.2) is 18.5 Å². The van der Waals surface area contributed by atoms with Crippen LogP contribution in [0.25, 0.3) is 5.53 Å². The number of rotatable bonds is 1. The second-order valence-corrected chi connectivity index (χ2v) is 1.16. The van der Waals surface area contributed by atoms with Crippen molar-refractivity contribution in [2.75, 3.05) is 6.61 Å². The summed E-state index contributed by atoms with van der Waals surface area (Å²) in [5, 5.41) is 1.14. The monoisotopic (exact) mass is 130 g/mol. The molecule has 0 rings (SSSR count). The van der Waals surface area contributed by atoms with Gasteiger partial charge in [-0.25, -0.2) is 9.59 Å². The zero-order valence-electron chi connectivity index (χ0n) is 4.88. The van der Waals surface area contributed by atoms with Crippen LogP contribution in [0.1, 0.15) is 6.92 Å². The third kappa shape index (κ3) is 2.53. The maximum absolute atomic E-state index is 10.2. The molecule has 0 aliphatic heterocycles. The number of carbonyl (C=O) groups excluding carboxylic acids is 2. The van der Waals surface area contributed by atoms with E-state index in [1.807, 2.05) is 0 Å². The van der Waals surface area contributed by atoms with E-state index in [2.05, 4.69) is 4.74 Å². The first kappa shape index (κ1) is 7.74. The third-order valence-electron chi connectivity index (χ3n) is 0.562. The lowest BCUT2D eigenvalue weighted by molar-refractivity contribution is -0.394. The Morgan fingerprint density at radius 2 is 2.22 bits per heavy atom. The van der Waals surface area contributed by atoms with Crippen molar-refractivity contribution < 1.29 is 19.4 Å². The van der Waals surface area contributed by atoms with Gasteiger partial charge in [-0.05, 0) is 6.92 Å². The van der Waals surface area contributed by atoms with Gasteiger partial charge in [0.25, 0.3) is 0 Å². The highest BCUT2D eigenvalue weighted by molar-refractivity contribution is 6.27. The molecule has 0 saturated heterocycles. The molecule has 0 heterocycles. The van der Waals surface area contributed by atoms with Crippen LogP contribution in [0.4, 0.5) is 0 Å². The molecule has 0 radical (unpaired) electrons. The number of carbonyl (C=O) groups is 2. The predicted octanol–water partition coefficient (Wildman–Crippen LogP) is -1.82. The average Bonchev–Trinajstić information content (AvgIpc) is 1.87. The highest BCUT2D eigenvalue weighted by Gasteiger charge is 2.16. The van der Waals surface area contributed by atoms with Crippen LogP contribution in [0.3, 0.4) is 0 Å². The first-order chi connectivity index (χ1) is 4.22. The first-order valence-electron chi connectivity index (χ1n) is 2.33. The van der Waals surface area contributed by atoms with Gasteiger partial charge in [-0.3, -0.25) is 5.11 Å². The van der Waals surface area contributed by atoms with E-state index in [9.17, 15) is 9.59 Å². The fourth-order valence-corrected chi connectivity index (χ4v) is 0.242. The van der Waals surface area contributed by atoms with Gasteiger partial charge in [0.1, 0.15) is 0 Å². The second-order valence-electron chi connectivity index (χ2n) is 1.16. The molecule has 0 aromatic rings. The van der Waals surface area contributed by atoms with E-state index in [1.54, 1.807) is 6.92 Å². The summed E-state index contributed by atoms with van der Waals surface area (Å²) >= 11 is 0. The second kappa shape index (κ2) is 3.71. The molecule has 9 heavy (non-hydrogen) atoms. The molecule has 0 aromatic carbocycles. The highest BCUT2D eigenvalue weighted by atomic mass is 16.5. The Balaban J connectivity index is 3.73. The quantitative estimate of drug-likeness (QED) is 0.258. The van der Waals surface area contributed by atoms with Crippen LogP contribution in [0, 0.1) is 0 Å². The van der Waals surface area contributed by atoms with Gasteiger partial charge in [0.05, 0.1) is 6.61 Å². The van der Waals surface area contributed by atoms with Gasteiger partial charge < -0.3 is 10.3 Å². The largest absolute Gasteiger partial charge is 0.499 e. The Morgan fingerprint density at radius 3 is 2.56 bits per heavy atom. The van der Waals surface area contributed by atoms with Crippen molar-refractivity contribution in [1.29, 1.82) is 0 Å². The molecule has 5 nitrogen and oxygen atoms in total. The molecule has 0 unspecified atom stereocenters. The summed E-state index contributed by atoms with van der Waals surface area (Å²) < 4.78 is 4.18. The van der Waals surface area contributed by atoms with Crippen LogP contribution in [0.2, 0.25) is 0 Å². The molecule has 1 N–H and O–H groups in total. The third-order valence-corrected chi connectivity index (χ3v) is 0.562. The zero-order chi connectivity index (χ0) is 7.28. The predicted molar refractivity (Wildman–Crippen MR) is 26.0 cm³/mol. The fraction of sp³-hybridized carbons (Fsp3) is 0.500. The van der Waals surface area contributed by atoms with Gasteiger partial charge in [0.2, 0.25) is 0 Å². The summed E-state index contributed by atoms with van der Waals surface area (Å²) in [6.45, 7) is 1.68. The van der Waals surface area contributed by atoms with Gasteiger partial charge in [0.15, 0.2) is 0 Å². The summed E-state index contributed by atoms with van der Waals surface area (Å²) in [5.74, 6) is -2.24. The van der Waals surface area contributed by atoms with Crippen LogP contribution in [-0.2, 0) is 14.3 Å². The van der Waals surface area contributed by atoms with Crippen molar-refractivity contribution in [3.8, 4) is 0 Å². The van der Waals surface area contributed by atoms with Crippen molar-refractivity contribution in [3.05, 3.63) is 5.53 Å². The summed E-state index contributed by atoms with van der Waals surface area (Å²) in [6.07, 6.45) is 0. The van der Waals surface area contributed by atoms with E-state index in [1.165, 1.54) is 0 Å². The Hall–Kier alpha value is -1.26. The molecule has 0 aromatic heterocycles. The van der Waals surface area contributed by atoms with Crippen LogP contribution in [0.15, 0.2) is 0 Å². The van der Waals surface area contributed by atoms with E-state index in [-0.39, 0.29) is 6.61 Å². The van der Waals surface area contributed by atoms with Gasteiger partial charge >= 0.3 is 11.9 Å². The maximum Gasteiger partial charge on any atom is 0.484 e. The fourth-order valence-electron chi connectivity index (χ4n) is 0.242. The smallest absolute Gasteiger partial charge is 0.484 e. The zero-order valence-corrected chi connectivity index (χ0v) is 4.88. The van der Waals surface area contributed by atoms with E-state index in [0.717, 1.165) is 5.11 Å². The first-order valence-corrected chi connectivity index (χ1v) is 2.33. The summed E-state index contributed by atoms with van der Waals surface area (Å²) in [6, 6.07) is 0. The topological polar surface area (TPSA) is 79.6 Å². The van der Waals surface area contributed by atoms with E-state index in [0.29, 0.717) is 0 Å². The van der Waals surface area contributed by atoms with Gasteiger partial charge in [-0.2, -0.15) is 0 Å². The lowest BCUT2D eigenvalue weighted by Crippen LogP contribution is -2.71. The van der Waals surface area contributed by atoms with Crippen molar-refractivity contribution in [3.63, 3.8) is 0 Å². The Morgan fingerprint density at radius 1 is 1.67 bits per heavy atom. The molecular formula is C4H6N2O3. The minimum atomic E-state index is -1.16. The molecule has 50 valence electrons. The van der Waals surface area contributed by atoms with Crippen molar-refractivity contribution in [2.45, 2.75) is 6.92 Å². The Kier molecular flexibility index (Phi) is 3.19. The minimum Gasteiger partial charge on any atom is -0.499 e. The maximum atomic E-state index is 10.2. The van der Waals surface area contributed by atoms with Crippen LogP contribution >= 0.6 is 0 Å². The number of nitrogens with zero attached hydrogens (tertiary/aromatic N) is 1. The van der Waals surface area contributed by atoms with Gasteiger partial charge in [-0.15, -0.1) is 0 Å². The molecule has 0 atom stereocenters. The number of esters is 1. The molecule has 0 aliphatic carbocycles. The number of hydrogen-bond acceptors (Lipinski definition) is 3. The number of nitrogens with one attached hydrogen (secondary N) is 1. The Labute approximate surface area is 51.5 Å². The standard InChI is InChI=1S/C4H6N2O3/c1-2-9-4(8)3(7)6-5/h6H,2H2,1H3. The molecule has 0 aliphatic rings. The highest BCUT2D eigenvalue weighted by Crippen LogP contribution is 1.71.